The number of pyridine rings is 1. The fourth-order valence-corrected chi connectivity index (χ4v) is 4.08. The fourth-order valence-electron chi connectivity index (χ4n) is 4.08. The standard InChI is InChI=1S/C24H31N3O3/c1-17-16-19(11-12-21(17)30-2)23(28)27-22(18-8-4-3-5-9-18)24(29)26-15-13-20-10-6-7-14-25-20/h6-7,10-12,14,16,18,22H,3-5,8-9,13,15H2,1-2H3,(H,26,29)(H,27,28)/t22-/m1/s1. The number of methoxy groups -OCH3 is 1. The van der Waals surface area contributed by atoms with Gasteiger partial charge in [0.2, 0.25) is 5.91 Å². The van der Waals surface area contributed by atoms with Crippen LogP contribution in [0.25, 0.3) is 0 Å². The van der Waals surface area contributed by atoms with Crippen molar-refractivity contribution in [3.05, 3.63) is 59.4 Å². The summed E-state index contributed by atoms with van der Waals surface area (Å²) in [6.45, 7) is 2.40. The van der Waals surface area contributed by atoms with Gasteiger partial charge in [0, 0.05) is 30.4 Å². The molecule has 6 heteroatoms. The highest BCUT2D eigenvalue weighted by Gasteiger charge is 2.31. The first-order chi connectivity index (χ1) is 14.6. The van der Waals surface area contributed by atoms with E-state index in [4.69, 9.17) is 4.74 Å². The second kappa shape index (κ2) is 10.8. The zero-order valence-corrected chi connectivity index (χ0v) is 17.8. The molecule has 0 unspecified atom stereocenters. The Hall–Kier alpha value is -2.89. The lowest BCUT2D eigenvalue weighted by Gasteiger charge is -2.30. The zero-order chi connectivity index (χ0) is 21.3. The molecular formula is C24H31N3O3. The first-order valence-electron chi connectivity index (χ1n) is 10.7. The number of nitrogens with zero attached hydrogens (tertiary/aromatic N) is 1. The summed E-state index contributed by atoms with van der Waals surface area (Å²) < 4.78 is 5.27. The lowest BCUT2D eigenvalue weighted by atomic mass is 9.83. The molecule has 1 fully saturated rings. The Balaban J connectivity index is 1.66. The largest absolute Gasteiger partial charge is 0.496 e. The van der Waals surface area contributed by atoms with Gasteiger partial charge in [-0.1, -0.05) is 25.3 Å². The number of carbonyl (C=O) groups excluding carboxylic acids is 2. The molecule has 160 valence electrons. The van der Waals surface area contributed by atoms with Crippen LogP contribution in [0.4, 0.5) is 0 Å². The highest BCUT2D eigenvalue weighted by molar-refractivity contribution is 5.98. The molecule has 1 heterocycles. The molecule has 0 aliphatic heterocycles. The molecule has 1 aliphatic carbocycles. The molecule has 2 N–H and O–H groups in total. The van der Waals surface area contributed by atoms with Gasteiger partial charge in [0.1, 0.15) is 11.8 Å². The monoisotopic (exact) mass is 409 g/mol. The van der Waals surface area contributed by atoms with Crippen LogP contribution in [0.3, 0.4) is 0 Å². The molecule has 0 radical (unpaired) electrons. The summed E-state index contributed by atoms with van der Waals surface area (Å²) in [4.78, 5) is 30.2. The van der Waals surface area contributed by atoms with E-state index in [9.17, 15) is 9.59 Å². The van der Waals surface area contributed by atoms with Crippen molar-refractivity contribution >= 4 is 11.8 Å². The van der Waals surface area contributed by atoms with Gasteiger partial charge in [-0.05, 0) is 61.6 Å². The molecule has 6 nitrogen and oxygen atoms in total. The van der Waals surface area contributed by atoms with Crippen LogP contribution in [0.5, 0.6) is 5.75 Å². The van der Waals surface area contributed by atoms with Crippen LogP contribution in [-0.4, -0.2) is 36.5 Å². The summed E-state index contributed by atoms with van der Waals surface area (Å²) >= 11 is 0. The van der Waals surface area contributed by atoms with Crippen LogP contribution in [0, 0.1) is 12.8 Å². The topological polar surface area (TPSA) is 80.3 Å². The van der Waals surface area contributed by atoms with Crippen LogP contribution in [-0.2, 0) is 11.2 Å². The molecule has 30 heavy (non-hydrogen) atoms. The van der Waals surface area contributed by atoms with Crippen molar-refractivity contribution in [2.45, 2.75) is 51.5 Å². The number of aryl methyl sites for hydroxylation is 1. The number of ether oxygens (including phenoxy) is 1. The van der Waals surface area contributed by atoms with Gasteiger partial charge in [0.25, 0.3) is 5.91 Å². The average Bonchev–Trinajstić information content (AvgIpc) is 2.78. The third-order valence-electron chi connectivity index (χ3n) is 5.75. The molecule has 1 aromatic carbocycles. The van der Waals surface area contributed by atoms with E-state index in [0.717, 1.165) is 42.7 Å². The van der Waals surface area contributed by atoms with Crippen molar-refractivity contribution in [2.75, 3.05) is 13.7 Å². The van der Waals surface area contributed by atoms with E-state index < -0.39 is 6.04 Å². The summed E-state index contributed by atoms with van der Waals surface area (Å²) in [5, 5.41) is 6.01. The number of carbonyl (C=O) groups is 2. The highest BCUT2D eigenvalue weighted by atomic mass is 16.5. The summed E-state index contributed by atoms with van der Waals surface area (Å²) in [6, 6.07) is 10.5. The maximum absolute atomic E-state index is 13.0. The van der Waals surface area contributed by atoms with Crippen LogP contribution >= 0.6 is 0 Å². The number of rotatable bonds is 8. The molecule has 2 amide bonds. The van der Waals surface area contributed by atoms with E-state index >= 15 is 0 Å². The molecule has 2 aromatic rings. The predicted molar refractivity (Wildman–Crippen MR) is 117 cm³/mol. The number of hydrogen-bond acceptors (Lipinski definition) is 4. The van der Waals surface area contributed by atoms with Crippen LogP contribution in [0.15, 0.2) is 42.6 Å². The smallest absolute Gasteiger partial charge is 0.251 e. The summed E-state index contributed by atoms with van der Waals surface area (Å²) in [5.41, 5.74) is 2.36. The molecular weight excluding hydrogens is 378 g/mol. The molecule has 0 bridgehead atoms. The van der Waals surface area contributed by atoms with Gasteiger partial charge in [0.15, 0.2) is 0 Å². The number of benzene rings is 1. The van der Waals surface area contributed by atoms with Crippen molar-refractivity contribution in [1.29, 1.82) is 0 Å². The first kappa shape index (κ1) is 21.8. The Labute approximate surface area is 178 Å². The van der Waals surface area contributed by atoms with E-state index in [1.54, 1.807) is 31.5 Å². The SMILES string of the molecule is COc1ccc(C(=O)N[C@@H](C(=O)NCCc2ccccn2)C2CCCCC2)cc1C. The summed E-state index contributed by atoms with van der Waals surface area (Å²) in [6.07, 6.45) is 7.71. The van der Waals surface area contributed by atoms with Crippen LogP contribution < -0.4 is 15.4 Å². The Morgan fingerprint density at radius 2 is 1.97 bits per heavy atom. The third kappa shape index (κ3) is 5.81. The molecule has 1 saturated carbocycles. The number of amides is 2. The highest BCUT2D eigenvalue weighted by Crippen LogP contribution is 2.27. The Morgan fingerprint density at radius 3 is 2.63 bits per heavy atom. The van der Waals surface area contributed by atoms with Gasteiger partial charge in [-0.3, -0.25) is 14.6 Å². The number of hydrogen-bond donors (Lipinski definition) is 2. The number of aromatic nitrogens is 1. The minimum atomic E-state index is -0.524. The van der Waals surface area contributed by atoms with Gasteiger partial charge in [-0.2, -0.15) is 0 Å². The second-order valence-electron chi connectivity index (χ2n) is 7.90. The van der Waals surface area contributed by atoms with Crippen molar-refractivity contribution < 1.29 is 14.3 Å². The zero-order valence-electron chi connectivity index (χ0n) is 17.8. The molecule has 1 atom stereocenters. The minimum absolute atomic E-state index is 0.114. The minimum Gasteiger partial charge on any atom is -0.496 e. The van der Waals surface area contributed by atoms with Crippen molar-refractivity contribution in [3.63, 3.8) is 0 Å². The molecule has 3 rings (SSSR count). The van der Waals surface area contributed by atoms with Crippen LogP contribution in [0.2, 0.25) is 0 Å². The molecule has 0 spiro atoms. The molecule has 0 saturated heterocycles. The summed E-state index contributed by atoms with van der Waals surface area (Å²) in [5.74, 6) is 0.562. The van der Waals surface area contributed by atoms with Crippen molar-refractivity contribution in [2.24, 2.45) is 5.92 Å². The van der Waals surface area contributed by atoms with Crippen molar-refractivity contribution in [1.82, 2.24) is 15.6 Å². The van der Waals surface area contributed by atoms with Gasteiger partial charge >= 0.3 is 0 Å². The van der Waals surface area contributed by atoms with Gasteiger partial charge in [0.05, 0.1) is 7.11 Å². The second-order valence-corrected chi connectivity index (χ2v) is 7.90. The quantitative estimate of drug-likeness (QED) is 0.700. The van der Waals surface area contributed by atoms with Gasteiger partial charge < -0.3 is 15.4 Å². The maximum Gasteiger partial charge on any atom is 0.251 e. The Bertz CT molecular complexity index is 848. The van der Waals surface area contributed by atoms with E-state index in [1.807, 2.05) is 25.1 Å². The third-order valence-corrected chi connectivity index (χ3v) is 5.75. The van der Waals surface area contributed by atoms with Gasteiger partial charge in [-0.15, -0.1) is 0 Å². The average molecular weight is 410 g/mol. The molecule has 1 aliphatic rings. The fraction of sp³-hybridized carbons (Fsp3) is 0.458. The van der Waals surface area contributed by atoms with E-state index in [1.165, 1.54) is 6.42 Å². The van der Waals surface area contributed by atoms with Gasteiger partial charge in [-0.25, -0.2) is 0 Å². The van der Waals surface area contributed by atoms with E-state index in [-0.39, 0.29) is 17.7 Å². The Morgan fingerprint density at radius 1 is 1.17 bits per heavy atom. The van der Waals surface area contributed by atoms with Crippen LogP contribution in [0.1, 0.15) is 53.7 Å². The van der Waals surface area contributed by atoms with E-state index in [2.05, 4.69) is 15.6 Å². The summed E-state index contributed by atoms with van der Waals surface area (Å²) in [7, 11) is 1.61. The number of nitrogens with one attached hydrogen (secondary N) is 2. The van der Waals surface area contributed by atoms with E-state index in [0.29, 0.717) is 18.5 Å². The molecule has 1 aromatic heterocycles. The maximum atomic E-state index is 13.0. The lowest BCUT2D eigenvalue weighted by molar-refractivity contribution is -0.124. The van der Waals surface area contributed by atoms with Crippen molar-refractivity contribution in [3.8, 4) is 5.75 Å². The first-order valence-corrected chi connectivity index (χ1v) is 10.7. The lowest BCUT2D eigenvalue weighted by Crippen LogP contribution is -2.51. The normalized spacial score (nSPS) is 15.3. The Kier molecular flexibility index (Phi) is 7.82. The predicted octanol–water partition coefficient (Wildman–Crippen LogP) is 3.44.